The van der Waals surface area contributed by atoms with Crippen LogP contribution in [0.15, 0.2) is 60.4 Å². The van der Waals surface area contributed by atoms with Crippen LogP contribution in [0.4, 0.5) is 4.39 Å². The first kappa shape index (κ1) is 18.9. The zero-order chi connectivity index (χ0) is 21.7. The van der Waals surface area contributed by atoms with Crippen LogP contribution < -0.4 is 18.9 Å². The summed E-state index contributed by atoms with van der Waals surface area (Å²) in [6, 6.07) is 15.4. The molecule has 0 aliphatic carbocycles. The Morgan fingerprint density at radius 1 is 0.969 bits per heavy atom. The molecule has 0 radical (unpaired) electrons. The highest BCUT2D eigenvalue weighted by Gasteiger charge is 2.33. The molecule has 0 N–H and O–H groups in total. The van der Waals surface area contributed by atoms with E-state index in [2.05, 4.69) is 4.90 Å². The van der Waals surface area contributed by atoms with Crippen molar-refractivity contribution in [1.82, 2.24) is 4.90 Å². The molecule has 6 rings (SSSR count). The number of ether oxygens (including phenoxy) is 4. The van der Waals surface area contributed by atoms with Crippen molar-refractivity contribution < 1.29 is 28.1 Å². The van der Waals surface area contributed by atoms with Crippen LogP contribution in [-0.4, -0.2) is 24.2 Å². The molecule has 3 aliphatic rings. The van der Waals surface area contributed by atoms with E-state index in [1.165, 1.54) is 12.1 Å². The summed E-state index contributed by atoms with van der Waals surface area (Å²) in [7, 11) is 0. The lowest BCUT2D eigenvalue weighted by Crippen LogP contribution is -2.31. The van der Waals surface area contributed by atoms with E-state index in [0.29, 0.717) is 42.4 Å². The minimum atomic E-state index is -0.368. The van der Waals surface area contributed by atoms with Crippen LogP contribution in [0.1, 0.15) is 27.0 Å². The molecule has 0 spiro atoms. The molecule has 3 aliphatic heterocycles. The normalized spacial score (nSPS) is 17.7. The summed E-state index contributed by atoms with van der Waals surface area (Å²) in [5.41, 5.74) is 2.94. The highest BCUT2D eigenvalue weighted by atomic mass is 19.1. The van der Waals surface area contributed by atoms with E-state index < -0.39 is 0 Å². The van der Waals surface area contributed by atoms with Gasteiger partial charge >= 0.3 is 0 Å². The van der Waals surface area contributed by atoms with Gasteiger partial charge in [-0.2, -0.15) is 0 Å². The predicted octanol–water partition coefficient (Wildman–Crippen LogP) is 4.52. The van der Waals surface area contributed by atoms with E-state index in [-0.39, 0.29) is 24.2 Å². The number of benzene rings is 3. The molecule has 0 amide bonds. The Labute approximate surface area is 183 Å². The Morgan fingerprint density at radius 3 is 2.75 bits per heavy atom. The zero-order valence-corrected chi connectivity index (χ0v) is 17.0. The first-order valence-corrected chi connectivity index (χ1v) is 10.2. The van der Waals surface area contributed by atoms with Crippen LogP contribution in [0.25, 0.3) is 6.08 Å². The number of nitrogens with zero attached hydrogens (tertiary/aromatic N) is 1. The fourth-order valence-electron chi connectivity index (χ4n) is 4.15. The summed E-state index contributed by atoms with van der Waals surface area (Å²) < 4.78 is 36.3. The summed E-state index contributed by atoms with van der Waals surface area (Å²) >= 11 is 0. The number of carbonyl (C=O) groups is 1. The van der Waals surface area contributed by atoms with Gasteiger partial charge < -0.3 is 18.9 Å². The number of carbonyl (C=O) groups excluding carboxylic acids is 1. The molecule has 32 heavy (non-hydrogen) atoms. The average Bonchev–Trinajstić information content (AvgIpc) is 3.38. The van der Waals surface area contributed by atoms with Gasteiger partial charge in [-0.1, -0.05) is 18.2 Å². The van der Waals surface area contributed by atoms with Gasteiger partial charge in [-0.15, -0.1) is 0 Å². The number of rotatable bonds is 3. The molecule has 3 aromatic carbocycles. The quantitative estimate of drug-likeness (QED) is 0.569. The number of hydrogen-bond acceptors (Lipinski definition) is 6. The van der Waals surface area contributed by atoms with Gasteiger partial charge in [0.2, 0.25) is 12.6 Å². The van der Waals surface area contributed by atoms with Crippen molar-refractivity contribution in [2.24, 2.45) is 0 Å². The maximum absolute atomic E-state index is 13.5. The zero-order valence-electron chi connectivity index (χ0n) is 17.0. The highest BCUT2D eigenvalue weighted by Crippen LogP contribution is 2.42. The molecule has 3 aromatic rings. The summed E-state index contributed by atoms with van der Waals surface area (Å²) in [6.45, 7) is 1.86. The van der Waals surface area contributed by atoms with Crippen molar-refractivity contribution in [2.45, 2.75) is 13.1 Å². The molecule has 0 atom stereocenters. The molecule has 6 nitrogen and oxygen atoms in total. The van der Waals surface area contributed by atoms with Crippen LogP contribution in [0.3, 0.4) is 0 Å². The third-order valence-corrected chi connectivity index (χ3v) is 5.67. The average molecular weight is 431 g/mol. The molecule has 3 heterocycles. The van der Waals surface area contributed by atoms with Gasteiger partial charge in [0.1, 0.15) is 24.0 Å². The molecule has 0 saturated heterocycles. The predicted molar refractivity (Wildman–Crippen MR) is 113 cm³/mol. The molecule has 160 valence electrons. The SMILES string of the molecule is O=C1/C(=C/c2cccc(F)c2)Oc2c1ccc1c2CN(Cc2ccc3c(c2)OCO3)CO1. The van der Waals surface area contributed by atoms with E-state index in [1.54, 1.807) is 30.3 Å². The van der Waals surface area contributed by atoms with Crippen molar-refractivity contribution in [3.63, 3.8) is 0 Å². The van der Waals surface area contributed by atoms with E-state index in [0.717, 1.165) is 22.6 Å². The second-order valence-electron chi connectivity index (χ2n) is 7.86. The third kappa shape index (κ3) is 3.27. The number of ketones is 1. The Bertz CT molecular complexity index is 1290. The summed E-state index contributed by atoms with van der Waals surface area (Å²) in [5, 5.41) is 0. The first-order chi connectivity index (χ1) is 15.6. The third-order valence-electron chi connectivity index (χ3n) is 5.67. The van der Waals surface area contributed by atoms with Gasteiger partial charge in [-0.05, 0) is 53.6 Å². The summed E-state index contributed by atoms with van der Waals surface area (Å²) in [6.07, 6.45) is 1.56. The van der Waals surface area contributed by atoms with Crippen molar-refractivity contribution in [3.05, 3.63) is 88.4 Å². The number of hydrogen-bond donors (Lipinski definition) is 0. The Kier molecular flexibility index (Phi) is 4.36. The van der Waals surface area contributed by atoms with E-state index in [9.17, 15) is 9.18 Å². The molecule has 7 heteroatoms. The van der Waals surface area contributed by atoms with E-state index >= 15 is 0 Å². The molecule has 0 saturated carbocycles. The van der Waals surface area contributed by atoms with E-state index in [1.807, 2.05) is 18.2 Å². The van der Waals surface area contributed by atoms with Crippen molar-refractivity contribution >= 4 is 11.9 Å². The second kappa shape index (κ2) is 7.39. The number of Topliss-reactive ketones (excluding diaryl/α,β-unsaturated/α-hetero) is 1. The number of fused-ring (bicyclic) bond motifs is 4. The van der Waals surface area contributed by atoms with Gasteiger partial charge in [0, 0.05) is 13.1 Å². The number of allylic oxidation sites excluding steroid dienone is 1. The van der Waals surface area contributed by atoms with Gasteiger partial charge in [0.25, 0.3) is 0 Å². The van der Waals surface area contributed by atoms with Gasteiger partial charge in [0.15, 0.2) is 17.3 Å². The van der Waals surface area contributed by atoms with Gasteiger partial charge in [-0.3, -0.25) is 9.69 Å². The minimum Gasteiger partial charge on any atom is -0.478 e. The van der Waals surface area contributed by atoms with Gasteiger partial charge in [-0.25, -0.2) is 4.39 Å². The lowest BCUT2D eigenvalue weighted by molar-refractivity contribution is 0.0872. The van der Waals surface area contributed by atoms with Crippen LogP contribution in [0, 0.1) is 5.82 Å². The second-order valence-corrected chi connectivity index (χ2v) is 7.86. The minimum absolute atomic E-state index is 0.173. The molecular formula is C25H18FNO5. The fraction of sp³-hybridized carbons (Fsp3) is 0.160. The molecule has 0 unspecified atom stereocenters. The molecule has 0 aromatic heterocycles. The van der Waals surface area contributed by atoms with Gasteiger partial charge in [0.05, 0.1) is 11.1 Å². The Morgan fingerprint density at radius 2 is 1.84 bits per heavy atom. The molecular weight excluding hydrogens is 413 g/mol. The smallest absolute Gasteiger partial charge is 0.231 e. The lowest BCUT2D eigenvalue weighted by Gasteiger charge is -2.29. The fourth-order valence-corrected chi connectivity index (χ4v) is 4.15. The van der Waals surface area contributed by atoms with Crippen LogP contribution in [-0.2, 0) is 13.1 Å². The van der Waals surface area contributed by atoms with Crippen LogP contribution >= 0.6 is 0 Å². The Balaban J connectivity index is 1.26. The monoisotopic (exact) mass is 431 g/mol. The molecule has 0 bridgehead atoms. The topological polar surface area (TPSA) is 57.2 Å². The summed E-state index contributed by atoms with van der Waals surface area (Å²) in [4.78, 5) is 15.0. The largest absolute Gasteiger partial charge is 0.478 e. The maximum Gasteiger partial charge on any atom is 0.231 e. The Hall–Kier alpha value is -3.84. The first-order valence-electron chi connectivity index (χ1n) is 10.2. The van der Waals surface area contributed by atoms with Crippen molar-refractivity contribution in [1.29, 1.82) is 0 Å². The highest BCUT2D eigenvalue weighted by molar-refractivity contribution is 6.15. The maximum atomic E-state index is 13.5. The van der Waals surface area contributed by atoms with Crippen molar-refractivity contribution in [2.75, 3.05) is 13.5 Å². The van der Waals surface area contributed by atoms with Crippen molar-refractivity contribution in [3.8, 4) is 23.0 Å². The van der Waals surface area contributed by atoms with Crippen LogP contribution in [0.5, 0.6) is 23.0 Å². The van der Waals surface area contributed by atoms with E-state index in [4.69, 9.17) is 18.9 Å². The molecule has 0 fully saturated rings. The standard InChI is InChI=1S/C25H18FNO5/c26-17-3-1-2-15(8-17)9-23-24(28)18-5-7-20-19(25(18)32-23)12-27(13-29-20)11-16-4-6-21-22(10-16)31-14-30-21/h1-10H,11-14H2/b23-9-. The summed E-state index contributed by atoms with van der Waals surface area (Å²) in [5.74, 6) is 2.27. The lowest BCUT2D eigenvalue weighted by atomic mass is 10.0. The number of halogens is 1. The van der Waals surface area contributed by atoms with Crippen LogP contribution in [0.2, 0.25) is 0 Å².